The molecule has 0 heterocycles. The van der Waals surface area contributed by atoms with Crippen LogP contribution in [0.15, 0.2) is 30.3 Å². The minimum absolute atomic E-state index is 0.0342. The predicted octanol–water partition coefficient (Wildman–Crippen LogP) is 2.92. The van der Waals surface area contributed by atoms with Crippen LogP contribution in [-0.4, -0.2) is 19.1 Å². The second-order valence-corrected chi connectivity index (χ2v) is 4.95. The van der Waals surface area contributed by atoms with Gasteiger partial charge >= 0.3 is 0 Å². The van der Waals surface area contributed by atoms with Gasteiger partial charge in [0, 0.05) is 7.11 Å². The molecule has 0 unspecified atom stereocenters. The second kappa shape index (κ2) is 7.17. The fourth-order valence-corrected chi connectivity index (χ4v) is 1.87. The largest absolute Gasteiger partial charge is 0.381 e. The van der Waals surface area contributed by atoms with Crippen LogP contribution in [0.1, 0.15) is 38.8 Å². The SMILES string of the molecule is CO[C@@H](C)CC(=O)N[C@@H](c1ccccc1)C(C)C. The molecule has 0 fully saturated rings. The highest BCUT2D eigenvalue weighted by atomic mass is 16.5. The zero-order valence-electron chi connectivity index (χ0n) is 11.6. The molecule has 1 aromatic rings. The van der Waals surface area contributed by atoms with E-state index in [1.54, 1.807) is 7.11 Å². The van der Waals surface area contributed by atoms with Crippen molar-refractivity contribution in [2.45, 2.75) is 39.3 Å². The van der Waals surface area contributed by atoms with E-state index < -0.39 is 0 Å². The first-order valence-electron chi connectivity index (χ1n) is 6.41. The van der Waals surface area contributed by atoms with Crippen molar-refractivity contribution in [1.29, 1.82) is 0 Å². The molecule has 2 atom stereocenters. The van der Waals surface area contributed by atoms with E-state index in [2.05, 4.69) is 19.2 Å². The summed E-state index contributed by atoms with van der Waals surface area (Å²) in [7, 11) is 1.62. The molecule has 100 valence electrons. The third kappa shape index (κ3) is 4.49. The van der Waals surface area contributed by atoms with E-state index in [9.17, 15) is 4.79 Å². The van der Waals surface area contributed by atoms with Gasteiger partial charge in [0.25, 0.3) is 0 Å². The molecule has 0 aliphatic carbocycles. The molecule has 18 heavy (non-hydrogen) atoms. The number of methoxy groups -OCH3 is 1. The number of hydrogen-bond acceptors (Lipinski definition) is 2. The maximum absolute atomic E-state index is 11.9. The lowest BCUT2D eigenvalue weighted by Gasteiger charge is -2.23. The molecule has 1 amide bonds. The second-order valence-electron chi connectivity index (χ2n) is 4.95. The van der Waals surface area contributed by atoms with Crippen LogP contribution in [0, 0.1) is 5.92 Å². The molecule has 3 heteroatoms. The van der Waals surface area contributed by atoms with Crippen LogP contribution in [0.25, 0.3) is 0 Å². The van der Waals surface area contributed by atoms with E-state index in [1.165, 1.54) is 0 Å². The standard InChI is InChI=1S/C15H23NO2/c1-11(2)15(13-8-6-5-7-9-13)16-14(17)10-12(3)18-4/h5-9,11-12,15H,10H2,1-4H3,(H,16,17)/t12-,15+/m0/s1. The number of hydrogen-bond donors (Lipinski definition) is 1. The Balaban J connectivity index is 2.67. The van der Waals surface area contributed by atoms with Crippen molar-refractivity contribution in [2.75, 3.05) is 7.11 Å². The molecule has 0 bridgehead atoms. The van der Waals surface area contributed by atoms with Gasteiger partial charge in [0.1, 0.15) is 0 Å². The van der Waals surface area contributed by atoms with Crippen LogP contribution in [0.4, 0.5) is 0 Å². The summed E-state index contributed by atoms with van der Waals surface area (Å²) in [4.78, 5) is 11.9. The topological polar surface area (TPSA) is 38.3 Å². The first-order chi connectivity index (χ1) is 8.54. The van der Waals surface area contributed by atoms with Gasteiger partial charge in [-0.05, 0) is 18.4 Å². The molecule has 0 aliphatic heterocycles. The molecule has 1 N–H and O–H groups in total. The van der Waals surface area contributed by atoms with Crippen LogP contribution in [0.5, 0.6) is 0 Å². The third-order valence-electron chi connectivity index (χ3n) is 3.02. The van der Waals surface area contributed by atoms with E-state index in [0.717, 1.165) is 5.56 Å². The van der Waals surface area contributed by atoms with E-state index in [-0.39, 0.29) is 18.1 Å². The Morgan fingerprint density at radius 3 is 2.33 bits per heavy atom. The van der Waals surface area contributed by atoms with Crippen LogP contribution in [0.2, 0.25) is 0 Å². The van der Waals surface area contributed by atoms with Gasteiger partial charge in [0.15, 0.2) is 0 Å². The third-order valence-corrected chi connectivity index (χ3v) is 3.02. The summed E-state index contributed by atoms with van der Waals surface area (Å²) in [6.07, 6.45) is 0.348. The molecule has 0 radical (unpaired) electrons. The fourth-order valence-electron chi connectivity index (χ4n) is 1.87. The van der Waals surface area contributed by atoms with Crippen molar-refractivity contribution in [3.63, 3.8) is 0 Å². The van der Waals surface area contributed by atoms with Gasteiger partial charge < -0.3 is 10.1 Å². The van der Waals surface area contributed by atoms with Gasteiger partial charge in [-0.2, -0.15) is 0 Å². The monoisotopic (exact) mass is 249 g/mol. The highest BCUT2D eigenvalue weighted by molar-refractivity contribution is 5.77. The van der Waals surface area contributed by atoms with Crippen molar-refractivity contribution in [2.24, 2.45) is 5.92 Å². The maximum Gasteiger partial charge on any atom is 0.223 e. The van der Waals surface area contributed by atoms with E-state index >= 15 is 0 Å². The number of benzene rings is 1. The molecule has 1 rings (SSSR count). The Hall–Kier alpha value is -1.35. The Morgan fingerprint density at radius 1 is 1.22 bits per heavy atom. The van der Waals surface area contributed by atoms with Crippen molar-refractivity contribution in [3.8, 4) is 0 Å². The predicted molar refractivity (Wildman–Crippen MR) is 73.3 cm³/mol. The first-order valence-corrected chi connectivity index (χ1v) is 6.41. The summed E-state index contributed by atoms with van der Waals surface area (Å²) in [5, 5.41) is 3.08. The Bertz CT molecular complexity index is 362. The average Bonchev–Trinajstić information content (AvgIpc) is 2.36. The van der Waals surface area contributed by atoms with Crippen molar-refractivity contribution in [3.05, 3.63) is 35.9 Å². The quantitative estimate of drug-likeness (QED) is 0.841. The number of carbonyl (C=O) groups excluding carboxylic acids is 1. The van der Waals surface area contributed by atoms with Gasteiger partial charge in [0.05, 0.1) is 18.6 Å². The number of carbonyl (C=O) groups is 1. The van der Waals surface area contributed by atoms with Gasteiger partial charge in [0.2, 0.25) is 5.91 Å². The molecule has 0 saturated carbocycles. The Morgan fingerprint density at radius 2 is 1.83 bits per heavy atom. The normalized spacial score (nSPS) is 14.3. The summed E-state index contributed by atoms with van der Waals surface area (Å²) in [5.74, 6) is 0.390. The van der Waals surface area contributed by atoms with Crippen LogP contribution in [-0.2, 0) is 9.53 Å². The summed E-state index contributed by atoms with van der Waals surface area (Å²) in [6, 6.07) is 10.1. The average molecular weight is 249 g/mol. The molecule has 0 aliphatic rings. The molecular weight excluding hydrogens is 226 g/mol. The zero-order valence-corrected chi connectivity index (χ0v) is 11.6. The highest BCUT2D eigenvalue weighted by Gasteiger charge is 2.18. The summed E-state index contributed by atoms with van der Waals surface area (Å²) < 4.78 is 5.11. The van der Waals surface area contributed by atoms with Gasteiger partial charge in [-0.25, -0.2) is 0 Å². The first kappa shape index (κ1) is 14.7. The number of rotatable bonds is 6. The van der Waals surface area contributed by atoms with E-state index in [1.807, 2.05) is 37.3 Å². The number of nitrogens with one attached hydrogen (secondary N) is 1. The summed E-state index contributed by atoms with van der Waals surface area (Å²) in [6.45, 7) is 6.11. The van der Waals surface area contributed by atoms with E-state index in [0.29, 0.717) is 12.3 Å². The Kier molecular flexibility index (Phi) is 5.86. The fraction of sp³-hybridized carbons (Fsp3) is 0.533. The van der Waals surface area contributed by atoms with Crippen LogP contribution in [0.3, 0.4) is 0 Å². The van der Waals surface area contributed by atoms with Gasteiger partial charge in [-0.3, -0.25) is 4.79 Å². The van der Waals surface area contributed by atoms with E-state index in [4.69, 9.17) is 4.74 Å². The lowest BCUT2D eigenvalue weighted by Crippen LogP contribution is -2.33. The molecule has 0 spiro atoms. The smallest absolute Gasteiger partial charge is 0.223 e. The minimum Gasteiger partial charge on any atom is -0.381 e. The van der Waals surface area contributed by atoms with Gasteiger partial charge in [-0.15, -0.1) is 0 Å². The summed E-state index contributed by atoms with van der Waals surface area (Å²) in [5.41, 5.74) is 1.14. The lowest BCUT2D eigenvalue weighted by molar-refractivity contribution is -0.124. The Labute approximate surface area is 110 Å². The minimum atomic E-state index is -0.0476. The summed E-state index contributed by atoms with van der Waals surface area (Å²) >= 11 is 0. The molecule has 0 aromatic heterocycles. The van der Waals surface area contributed by atoms with Crippen molar-refractivity contribution in [1.82, 2.24) is 5.32 Å². The number of amides is 1. The zero-order chi connectivity index (χ0) is 13.5. The molecule has 0 saturated heterocycles. The van der Waals surface area contributed by atoms with Gasteiger partial charge in [-0.1, -0.05) is 44.2 Å². The number of ether oxygens (including phenoxy) is 1. The van der Waals surface area contributed by atoms with Crippen LogP contribution >= 0.6 is 0 Å². The maximum atomic E-state index is 11.9. The van der Waals surface area contributed by atoms with Crippen LogP contribution < -0.4 is 5.32 Å². The van der Waals surface area contributed by atoms with Crippen molar-refractivity contribution < 1.29 is 9.53 Å². The lowest BCUT2D eigenvalue weighted by atomic mass is 9.96. The molecule has 3 nitrogen and oxygen atoms in total. The molecule has 1 aromatic carbocycles. The van der Waals surface area contributed by atoms with Crippen molar-refractivity contribution >= 4 is 5.91 Å². The molecular formula is C15H23NO2. The highest BCUT2D eigenvalue weighted by Crippen LogP contribution is 2.21.